The average Bonchev–Trinajstić information content (AvgIpc) is 3.04. The predicted molar refractivity (Wildman–Crippen MR) is 89.0 cm³/mol. The van der Waals surface area contributed by atoms with Gasteiger partial charge in [0, 0.05) is 18.3 Å². The van der Waals surface area contributed by atoms with Gasteiger partial charge in [0.1, 0.15) is 5.82 Å². The van der Waals surface area contributed by atoms with Crippen LogP contribution in [0.3, 0.4) is 0 Å². The van der Waals surface area contributed by atoms with Gasteiger partial charge in [-0.25, -0.2) is 4.98 Å². The number of hydrogen-bond donors (Lipinski definition) is 2. The van der Waals surface area contributed by atoms with Crippen LogP contribution in [-0.4, -0.2) is 25.7 Å². The number of nitrogens with one attached hydrogen (secondary N) is 2. The second-order valence-corrected chi connectivity index (χ2v) is 5.88. The number of nitrogens with zero attached hydrogens (tertiary/aromatic N) is 3. The number of H-pyrrole nitrogens is 1. The lowest BCUT2D eigenvalue weighted by molar-refractivity contribution is -0.121. The molecule has 0 spiro atoms. The highest BCUT2D eigenvalue weighted by atomic mass is 16.1. The molecule has 3 aromatic rings. The molecule has 1 atom stereocenters. The molecule has 2 heterocycles. The van der Waals surface area contributed by atoms with Gasteiger partial charge in [-0.05, 0) is 32.9 Å². The molecule has 0 aliphatic heterocycles. The van der Waals surface area contributed by atoms with Gasteiger partial charge in [-0.1, -0.05) is 12.1 Å². The highest BCUT2D eigenvalue weighted by Gasteiger charge is 2.17. The van der Waals surface area contributed by atoms with Crippen molar-refractivity contribution in [3.05, 3.63) is 47.0 Å². The minimum Gasteiger partial charge on any atom is -0.346 e. The van der Waals surface area contributed by atoms with Gasteiger partial charge in [0.2, 0.25) is 5.91 Å². The molecule has 0 aliphatic carbocycles. The van der Waals surface area contributed by atoms with E-state index in [4.69, 9.17) is 0 Å². The molecule has 0 aliphatic rings. The Kier molecular flexibility index (Phi) is 3.90. The lowest BCUT2D eigenvalue weighted by Gasteiger charge is -2.11. The zero-order valence-corrected chi connectivity index (χ0v) is 13.8. The van der Waals surface area contributed by atoms with E-state index in [1.807, 2.05) is 52.1 Å². The van der Waals surface area contributed by atoms with E-state index in [1.54, 1.807) is 4.68 Å². The molecule has 3 rings (SSSR count). The van der Waals surface area contributed by atoms with E-state index in [2.05, 4.69) is 20.4 Å². The molecular weight excluding hydrogens is 290 g/mol. The fourth-order valence-corrected chi connectivity index (χ4v) is 2.77. The van der Waals surface area contributed by atoms with Gasteiger partial charge in [-0.15, -0.1) is 0 Å². The zero-order chi connectivity index (χ0) is 16.6. The van der Waals surface area contributed by atoms with Crippen molar-refractivity contribution in [1.29, 1.82) is 0 Å². The van der Waals surface area contributed by atoms with Crippen LogP contribution in [0, 0.1) is 13.8 Å². The van der Waals surface area contributed by atoms with E-state index in [9.17, 15) is 4.79 Å². The summed E-state index contributed by atoms with van der Waals surface area (Å²) < 4.78 is 1.81. The van der Waals surface area contributed by atoms with Crippen molar-refractivity contribution in [3.8, 4) is 0 Å². The molecule has 0 unspecified atom stereocenters. The minimum atomic E-state index is -0.174. The standard InChI is InChI=1S/C17H21N5O/c1-10-13(12(3)22(4)21-10)9-16(23)18-11(2)17-19-14-7-5-6-8-15(14)20-17/h5-8,11H,9H2,1-4H3,(H,18,23)(H,19,20)/t11-/m0/s1. The summed E-state index contributed by atoms with van der Waals surface area (Å²) in [7, 11) is 1.89. The molecule has 0 saturated carbocycles. The monoisotopic (exact) mass is 311 g/mol. The van der Waals surface area contributed by atoms with Crippen LogP contribution in [0.2, 0.25) is 0 Å². The maximum atomic E-state index is 12.3. The number of aryl methyl sites for hydroxylation is 2. The summed E-state index contributed by atoms with van der Waals surface area (Å²) >= 11 is 0. The summed E-state index contributed by atoms with van der Waals surface area (Å²) in [6.07, 6.45) is 0.329. The van der Waals surface area contributed by atoms with Crippen LogP contribution in [-0.2, 0) is 18.3 Å². The van der Waals surface area contributed by atoms with Crippen molar-refractivity contribution in [2.24, 2.45) is 7.05 Å². The minimum absolute atomic E-state index is 0.0304. The summed E-state index contributed by atoms with van der Waals surface area (Å²) in [6.45, 7) is 5.84. The van der Waals surface area contributed by atoms with Gasteiger partial charge in [-0.2, -0.15) is 5.10 Å². The lowest BCUT2D eigenvalue weighted by atomic mass is 10.1. The number of carbonyl (C=O) groups is 1. The number of amides is 1. The number of benzene rings is 1. The first-order chi connectivity index (χ1) is 11.0. The molecule has 23 heavy (non-hydrogen) atoms. The van der Waals surface area contributed by atoms with Crippen LogP contribution in [0.4, 0.5) is 0 Å². The first kappa shape index (κ1) is 15.3. The molecule has 0 radical (unpaired) electrons. The zero-order valence-electron chi connectivity index (χ0n) is 13.8. The molecular formula is C17H21N5O. The molecule has 120 valence electrons. The number of imidazole rings is 1. The summed E-state index contributed by atoms with van der Waals surface area (Å²) in [6, 6.07) is 7.66. The van der Waals surface area contributed by atoms with Crippen LogP contribution in [0.15, 0.2) is 24.3 Å². The Morgan fingerprint density at radius 2 is 2.09 bits per heavy atom. The number of rotatable bonds is 4. The summed E-state index contributed by atoms with van der Waals surface area (Å²) in [4.78, 5) is 20.1. The predicted octanol–water partition coefficient (Wildman–Crippen LogP) is 2.33. The molecule has 1 amide bonds. The van der Waals surface area contributed by atoms with Crippen LogP contribution in [0.1, 0.15) is 35.7 Å². The SMILES string of the molecule is Cc1nn(C)c(C)c1CC(=O)N[C@@H](C)c1nc2ccccc2[nH]1. The van der Waals surface area contributed by atoms with Crippen LogP contribution in [0.25, 0.3) is 11.0 Å². The molecule has 6 heteroatoms. The summed E-state index contributed by atoms with van der Waals surface area (Å²) in [5, 5.41) is 7.35. The number of carbonyl (C=O) groups excluding carboxylic acids is 1. The van der Waals surface area contributed by atoms with E-state index in [0.29, 0.717) is 6.42 Å². The molecule has 6 nitrogen and oxygen atoms in total. The fourth-order valence-electron chi connectivity index (χ4n) is 2.77. The van der Waals surface area contributed by atoms with Gasteiger partial charge < -0.3 is 10.3 Å². The van der Waals surface area contributed by atoms with Crippen molar-refractivity contribution in [1.82, 2.24) is 25.1 Å². The second kappa shape index (κ2) is 5.87. The Morgan fingerprint density at radius 1 is 1.35 bits per heavy atom. The van der Waals surface area contributed by atoms with Gasteiger partial charge in [0.05, 0.1) is 29.2 Å². The highest BCUT2D eigenvalue weighted by molar-refractivity contribution is 5.80. The van der Waals surface area contributed by atoms with E-state index >= 15 is 0 Å². The van der Waals surface area contributed by atoms with Gasteiger partial charge >= 0.3 is 0 Å². The highest BCUT2D eigenvalue weighted by Crippen LogP contribution is 2.17. The molecule has 0 fully saturated rings. The van der Waals surface area contributed by atoms with Crippen LogP contribution < -0.4 is 5.32 Å². The third-order valence-electron chi connectivity index (χ3n) is 4.19. The first-order valence-electron chi connectivity index (χ1n) is 7.68. The topological polar surface area (TPSA) is 75.6 Å². The molecule has 1 aromatic carbocycles. The molecule has 0 saturated heterocycles. The lowest BCUT2D eigenvalue weighted by Crippen LogP contribution is -2.29. The fraction of sp³-hybridized carbons (Fsp3) is 0.353. The maximum absolute atomic E-state index is 12.3. The van der Waals surface area contributed by atoms with Gasteiger partial charge in [0.25, 0.3) is 0 Å². The van der Waals surface area contributed by atoms with E-state index in [0.717, 1.165) is 33.8 Å². The molecule has 2 aromatic heterocycles. The van der Waals surface area contributed by atoms with E-state index in [1.165, 1.54) is 0 Å². The van der Waals surface area contributed by atoms with Crippen molar-refractivity contribution in [3.63, 3.8) is 0 Å². The third-order valence-corrected chi connectivity index (χ3v) is 4.19. The smallest absolute Gasteiger partial charge is 0.225 e. The Bertz CT molecular complexity index is 828. The number of fused-ring (bicyclic) bond motifs is 1. The number of para-hydroxylation sites is 2. The molecule has 0 bridgehead atoms. The van der Waals surface area contributed by atoms with E-state index in [-0.39, 0.29) is 11.9 Å². The Morgan fingerprint density at radius 3 is 2.74 bits per heavy atom. The van der Waals surface area contributed by atoms with Crippen molar-refractivity contribution >= 4 is 16.9 Å². The Labute approximate surface area is 134 Å². The average molecular weight is 311 g/mol. The largest absolute Gasteiger partial charge is 0.346 e. The second-order valence-electron chi connectivity index (χ2n) is 5.88. The van der Waals surface area contributed by atoms with Crippen LogP contribution in [0.5, 0.6) is 0 Å². The van der Waals surface area contributed by atoms with Crippen molar-refractivity contribution < 1.29 is 4.79 Å². The van der Waals surface area contributed by atoms with Crippen molar-refractivity contribution in [2.45, 2.75) is 33.2 Å². The van der Waals surface area contributed by atoms with Gasteiger partial charge in [-0.3, -0.25) is 9.48 Å². The Balaban J connectivity index is 1.72. The number of hydrogen-bond acceptors (Lipinski definition) is 3. The maximum Gasteiger partial charge on any atom is 0.225 e. The Hall–Kier alpha value is -2.63. The molecule has 2 N–H and O–H groups in total. The third kappa shape index (κ3) is 2.97. The number of aromatic nitrogens is 4. The summed E-state index contributed by atoms with van der Waals surface area (Å²) in [5.74, 6) is 0.733. The first-order valence-corrected chi connectivity index (χ1v) is 7.68. The van der Waals surface area contributed by atoms with Gasteiger partial charge in [0.15, 0.2) is 0 Å². The summed E-state index contributed by atoms with van der Waals surface area (Å²) in [5.41, 5.74) is 4.79. The normalized spacial score (nSPS) is 12.5. The quantitative estimate of drug-likeness (QED) is 0.776. The van der Waals surface area contributed by atoms with Crippen LogP contribution >= 0.6 is 0 Å². The van der Waals surface area contributed by atoms with Crippen molar-refractivity contribution in [2.75, 3.05) is 0 Å². The van der Waals surface area contributed by atoms with E-state index < -0.39 is 0 Å². The number of aromatic amines is 1.